The average molecular weight is 307 g/mol. The van der Waals surface area contributed by atoms with Gasteiger partial charge in [-0.15, -0.1) is 0 Å². The van der Waals surface area contributed by atoms with E-state index in [-0.39, 0.29) is 0 Å². The molecule has 6 heteroatoms. The lowest BCUT2D eigenvalue weighted by Gasteiger charge is -2.38. The maximum absolute atomic E-state index is 4.67. The number of aromatic nitrogens is 2. The molecule has 1 saturated heterocycles. The molecule has 0 amide bonds. The summed E-state index contributed by atoms with van der Waals surface area (Å²) in [7, 11) is 1.91. The van der Waals surface area contributed by atoms with Crippen molar-refractivity contribution in [2.24, 2.45) is 0 Å². The van der Waals surface area contributed by atoms with Gasteiger partial charge in [0.1, 0.15) is 11.6 Å². The van der Waals surface area contributed by atoms with Crippen molar-refractivity contribution in [1.82, 2.24) is 14.9 Å². The molecule has 0 radical (unpaired) electrons. The smallest absolute Gasteiger partial charge is 0.191 e. The van der Waals surface area contributed by atoms with Crippen LogP contribution >= 0.6 is 11.8 Å². The van der Waals surface area contributed by atoms with E-state index in [4.69, 9.17) is 0 Å². The molecule has 1 aromatic rings. The summed E-state index contributed by atoms with van der Waals surface area (Å²) in [6, 6.07) is 2.90. The van der Waals surface area contributed by atoms with Crippen molar-refractivity contribution < 1.29 is 0 Å². The van der Waals surface area contributed by atoms with Crippen LogP contribution in [0.25, 0.3) is 0 Å². The highest BCUT2D eigenvalue weighted by Crippen LogP contribution is 2.26. The number of nitrogens with zero attached hydrogens (tertiary/aromatic N) is 4. The van der Waals surface area contributed by atoms with Gasteiger partial charge in [-0.25, -0.2) is 9.97 Å². The summed E-state index contributed by atoms with van der Waals surface area (Å²) in [4.78, 5) is 14.2. The van der Waals surface area contributed by atoms with E-state index in [9.17, 15) is 0 Å². The lowest BCUT2D eigenvalue weighted by atomic mass is 10.2. The summed E-state index contributed by atoms with van der Waals surface area (Å²) >= 11 is 1.60. The van der Waals surface area contributed by atoms with Crippen molar-refractivity contribution in [3.8, 4) is 0 Å². The molecule has 5 nitrogen and oxygen atoms in total. The summed E-state index contributed by atoms with van der Waals surface area (Å²) in [6.45, 7) is 4.48. The lowest BCUT2D eigenvalue weighted by Crippen LogP contribution is -2.50. The fraction of sp³-hybridized carbons (Fsp3) is 0.733. The third kappa shape index (κ3) is 3.43. The standard InChI is InChI=1S/C15H25N5S/c1-16-13-11-14(18-15(17-13)21-2)20-9-7-19(8-10-20)12-5-3-4-6-12/h11-12H,3-10H2,1-2H3,(H,16,17,18). The van der Waals surface area contributed by atoms with Crippen LogP contribution in [0.3, 0.4) is 0 Å². The zero-order chi connectivity index (χ0) is 14.7. The Bertz CT molecular complexity index is 445. The summed E-state index contributed by atoms with van der Waals surface area (Å²) in [5.74, 6) is 1.97. The van der Waals surface area contributed by atoms with Crippen LogP contribution in [0.1, 0.15) is 25.7 Å². The molecule has 0 bridgehead atoms. The topological polar surface area (TPSA) is 44.3 Å². The summed E-state index contributed by atoms with van der Waals surface area (Å²) in [5.41, 5.74) is 0. The van der Waals surface area contributed by atoms with Gasteiger partial charge in [0.25, 0.3) is 0 Å². The van der Waals surface area contributed by atoms with Crippen molar-refractivity contribution in [3.63, 3.8) is 0 Å². The van der Waals surface area contributed by atoms with Gasteiger partial charge in [-0.3, -0.25) is 4.90 Å². The van der Waals surface area contributed by atoms with Gasteiger partial charge in [-0.1, -0.05) is 24.6 Å². The van der Waals surface area contributed by atoms with Gasteiger partial charge in [0.2, 0.25) is 0 Å². The lowest BCUT2D eigenvalue weighted by molar-refractivity contribution is 0.187. The van der Waals surface area contributed by atoms with Crippen LogP contribution in [0.4, 0.5) is 11.6 Å². The third-order valence-electron chi connectivity index (χ3n) is 4.61. The highest BCUT2D eigenvalue weighted by molar-refractivity contribution is 7.98. The molecule has 1 aliphatic heterocycles. The fourth-order valence-corrected chi connectivity index (χ4v) is 3.75. The first-order valence-electron chi connectivity index (χ1n) is 7.90. The van der Waals surface area contributed by atoms with E-state index in [1.807, 2.05) is 13.3 Å². The molecule has 2 aliphatic rings. The Labute approximate surface area is 131 Å². The third-order valence-corrected chi connectivity index (χ3v) is 5.16. The maximum atomic E-state index is 4.67. The van der Waals surface area contributed by atoms with Crippen LogP contribution in [-0.2, 0) is 0 Å². The first-order valence-corrected chi connectivity index (χ1v) is 9.12. The van der Waals surface area contributed by atoms with Gasteiger partial charge in [0.05, 0.1) is 0 Å². The minimum Gasteiger partial charge on any atom is -0.373 e. The van der Waals surface area contributed by atoms with E-state index in [1.165, 1.54) is 25.7 Å². The van der Waals surface area contributed by atoms with Gasteiger partial charge >= 0.3 is 0 Å². The molecule has 1 aliphatic carbocycles. The molecular formula is C15H25N5S. The Hall–Kier alpha value is -1.01. The highest BCUT2D eigenvalue weighted by atomic mass is 32.2. The van der Waals surface area contributed by atoms with Gasteiger partial charge < -0.3 is 10.2 Å². The van der Waals surface area contributed by atoms with E-state index in [1.54, 1.807) is 11.8 Å². The number of nitrogens with one attached hydrogen (secondary N) is 1. The monoisotopic (exact) mass is 307 g/mol. The van der Waals surface area contributed by atoms with E-state index < -0.39 is 0 Å². The van der Waals surface area contributed by atoms with Gasteiger partial charge in [0.15, 0.2) is 5.16 Å². The number of piperazine rings is 1. The molecule has 21 heavy (non-hydrogen) atoms. The van der Waals surface area contributed by atoms with Crippen molar-refractivity contribution >= 4 is 23.4 Å². The Balaban J connectivity index is 1.65. The van der Waals surface area contributed by atoms with Crippen LogP contribution in [0.2, 0.25) is 0 Å². The fourth-order valence-electron chi connectivity index (χ4n) is 3.38. The summed E-state index contributed by atoms with van der Waals surface area (Å²) in [5, 5.41) is 3.98. The van der Waals surface area contributed by atoms with Crippen molar-refractivity contribution in [1.29, 1.82) is 0 Å². The molecule has 116 valence electrons. The Morgan fingerprint density at radius 1 is 1.14 bits per heavy atom. The van der Waals surface area contributed by atoms with Crippen LogP contribution < -0.4 is 10.2 Å². The van der Waals surface area contributed by atoms with Gasteiger partial charge in [0, 0.05) is 45.3 Å². The molecule has 0 unspecified atom stereocenters. The van der Waals surface area contributed by atoms with Crippen molar-refractivity contribution in [2.45, 2.75) is 36.9 Å². The number of anilines is 2. The molecule has 2 heterocycles. The van der Waals surface area contributed by atoms with Crippen LogP contribution in [0.15, 0.2) is 11.2 Å². The average Bonchev–Trinajstić information content (AvgIpc) is 3.09. The maximum Gasteiger partial charge on any atom is 0.191 e. The number of hydrogen-bond acceptors (Lipinski definition) is 6. The molecule has 0 aromatic carbocycles. The van der Waals surface area contributed by atoms with E-state index in [0.717, 1.165) is 49.0 Å². The first kappa shape index (κ1) is 14.9. The zero-order valence-electron chi connectivity index (χ0n) is 13.0. The number of thioether (sulfide) groups is 1. The molecule has 1 saturated carbocycles. The van der Waals surface area contributed by atoms with E-state index in [2.05, 4.69) is 31.2 Å². The second-order valence-electron chi connectivity index (χ2n) is 5.81. The molecule has 0 spiro atoms. The number of rotatable bonds is 4. The highest BCUT2D eigenvalue weighted by Gasteiger charge is 2.26. The normalized spacial score (nSPS) is 21.0. The van der Waals surface area contributed by atoms with Crippen LogP contribution in [0, 0.1) is 0 Å². The molecule has 1 N–H and O–H groups in total. The quantitative estimate of drug-likeness (QED) is 0.680. The molecule has 0 atom stereocenters. The van der Waals surface area contributed by atoms with Gasteiger partial charge in [-0.05, 0) is 19.1 Å². The first-order chi connectivity index (χ1) is 10.3. The molecule has 3 rings (SSSR count). The predicted molar refractivity (Wildman–Crippen MR) is 89.4 cm³/mol. The van der Waals surface area contributed by atoms with Crippen LogP contribution in [-0.4, -0.2) is 60.4 Å². The minimum absolute atomic E-state index is 0.840. The second-order valence-corrected chi connectivity index (χ2v) is 6.58. The Morgan fingerprint density at radius 3 is 2.48 bits per heavy atom. The SMILES string of the molecule is CNc1cc(N2CCN(C3CCCC3)CC2)nc(SC)n1. The van der Waals surface area contributed by atoms with Gasteiger partial charge in [-0.2, -0.15) is 0 Å². The van der Waals surface area contributed by atoms with Crippen molar-refractivity contribution in [3.05, 3.63) is 6.07 Å². The number of hydrogen-bond donors (Lipinski definition) is 1. The van der Waals surface area contributed by atoms with E-state index in [0.29, 0.717) is 0 Å². The Kier molecular flexibility index (Phi) is 4.85. The Morgan fingerprint density at radius 2 is 1.86 bits per heavy atom. The second kappa shape index (κ2) is 6.83. The van der Waals surface area contributed by atoms with Crippen molar-refractivity contribution in [2.75, 3.05) is 49.7 Å². The zero-order valence-corrected chi connectivity index (χ0v) is 13.8. The predicted octanol–water partition coefficient (Wildman–Crippen LogP) is 2.30. The summed E-state index contributed by atoms with van der Waals surface area (Å²) in [6.07, 6.45) is 7.65. The van der Waals surface area contributed by atoms with Crippen LogP contribution in [0.5, 0.6) is 0 Å². The molecular weight excluding hydrogens is 282 g/mol. The summed E-state index contributed by atoms with van der Waals surface area (Å²) < 4.78 is 0. The minimum atomic E-state index is 0.840. The molecule has 1 aromatic heterocycles. The largest absolute Gasteiger partial charge is 0.373 e. The van der Waals surface area contributed by atoms with E-state index >= 15 is 0 Å². The molecule has 2 fully saturated rings.